The number of esters is 1. The number of aldehydes is 1. The lowest BCUT2D eigenvalue weighted by molar-refractivity contribution is -0.212. The second-order valence-electron chi connectivity index (χ2n) is 7.37. The number of carbonyl (C=O) groups is 2. The molecule has 0 fully saturated rings. The van der Waals surface area contributed by atoms with Gasteiger partial charge in [0.1, 0.15) is 19.0 Å². The van der Waals surface area contributed by atoms with Crippen molar-refractivity contribution in [1.29, 1.82) is 0 Å². The first-order chi connectivity index (χ1) is 14.3. The van der Waals surface area contributed by atoms with E-state index in [1.165, 1.54) is 13.8 Å². The minimum absolute atomic E-state index is 0.00282. The number of rotatable bonds is 14. The van der Waals surface area contributed by atoms with Crippen molar-refractivity contribution in [3.63, 3.8) is 0 Å². The maximum Gasteiger partial charge on any atom is 0.306 e. The molecular weight excluding hydrogens is 388 g/mol. The summed E-state index contributed by atoms with van der Waals surface area (Å²) in [6.45, 7) is 6.99. The Balaban J connectivity index is 2.94. The van der Waals surface area contributed by atoms with E-state index in [1.807, 2.05) is 44.2 Å². The zero-order chi connectivity index (χ0) is 22.6. The Hall–Kier alpha value is -2.22. The summed E-state index contributed by atoms with van der Waals surface area (Å²) in [6, 6.07) is 9.59. The number of carbonyl (C=O) groups excluding carboxylic acids is 2. The van der Waals surface area contributed by atoms with Gasteiger partial charge in [-0.2, -0.15) is 0 Å². The third-order valence-corrected chi connectivity index (χ3v) is 5.01. The van der Waals surface area contributed by atoms with E-state index in [1.54, 1.807) is 0 Å². The fourth-order valence-corrected chi connectivity index (χ4v) is 3.13. The van der Waals surface area contributed by atoms with Crippen LogP contribution in [-0.2, 0) is 30.4 Å². The molecule has 0 bridgehead atoms. The van der Waals surface area contributed by atoms with Crippen molar-refractivity contribution in [1.82, 2.24) is 0 Å². The molecule has 1 rings (SSSR count). The first-order valence-electron chi connectivity index (χ1n) is 10.3. The van der Waals surface area contributed by atoms with E-state index in [9.17, 15) is 19.8 Å². The highest BCUT2D eigenvalue weighted by molar-refractivity contribution is 5.72. The fourth-order valence-electron chi connectivity index (χ4n) is 3.13. The van der Waals surface area contributed by atoms with Gasteiger partial charge < -0.3 is 24.4 Å². The maximum absolute atomic E-state index is 12.4. The van der Waals surface area contributed by atoms with Crippen LogP contribution in [-0.4, -0.2) is 47.1 Å². The Bertz CT molecular complexity index is 686. The van der Waals surface area contributed by atoms with Crippen LogP contribution in [0.4, 0.5) is 0 Å². The van der Waals surface area contributed by atoms with Gasteiger partial charge in [0.2, 0.25) is 0 Å². The lowest BCUT2D eigenvalue weighted by Gasteiger charge is -2.40. The largest absolute Gasteiger partial charge is 0.505 e. The van der Waals surface area contributed by atoms with Gasteiger partial charge in [0.05, 0.1) is 6.61 Å². The predicted molar refractivity (Wildman–Crippen MR) is 113 cm³/mol. The van der Waals surface area contributed by atoms with Crippen LogP contribution in [0, 0.1) is 0 Å². The van der Waals surface area contributed by atoms with Gasteiger partial charge in [-0.15, -0.1) is 0 Å². The van der Waals surface area contributed by atoms with Gasteiger partial charge in [0.25, 0.3) is 0 Å². The first kappa shape index (κ1) is 25.8. The van der Waals surface area contributed by atoms with E-state index in [-0.39, 0.29) is 25.1 Å². The number of hydrogen-bond donors (Lipinski definition) is 2. The Kier molecular flexibility index (Phi) is 11.3. The number of ether oxygens (including phenoxy) is 3. The van der Waals surface area contributed by atoms with Gasteiger partial charge in [-0.3, -0.25) is 9.59 Å². The summed E-state index contributed by atoms with van der Waals surface area (Å²) in [5.74, 6) is -1.09. The zero-order valence-electron chi connectivity index (χ0n) is 18.3. The van der Waals surface area contributed by atoms with E-state index < -0.39 is 29.5 Å². The number of aliphatic hydroxyl groups is 2. The molecule has 0 radical (unpaired) electrons. The molecule has 7 heteroatoms. The van der Waals surface area contributed by atoms with Gasteiger partial charge in [-0.05, 0) is 32.3 Å². The quantitative estimate of drug-likeness (QED) is 0.117. The third kappa shape index (κ3) is 7.55. The molecule has 0 saturated carbocycles. The minimum atomic E-state index is -1.52. The highest BCUT2D eigenvalue weighted by Gasteiger charge is 2.46. The van der Waals surface area contributed by atoms with E-state index in [0.717, 1.165) is 12.0 Å². The number of aliphatic hydroxyl groups excluding tert-OH is 2. The number of benzene rings is 1. The summed E-state index contributed by atoms with van der Waals surface area (Å²) in [7, 11) is 0. The number of allylic oxidation sites excluding steroid dienone is 1. The van der Waals surface area contributed by atoms with Crippen molar-refractivity contribution in [3.8, 4) is 0 Å². The van der Waals surface area contributed by atoms with Crippen LogP contribution in [0.25, 0.3) is 0 Å². The summed E-state index contributed by atoms with van der Waals surface area (Å²) >= 11 is 0. The Labute approximate surface area is 178 Å². The summed E-state index contributed by atoms with van der Waals surface area (Å²) in [5, 5.41) is 20.6. The molecule has 1 aromatic rings. The molecular formula is C23H34O7. The lowest BCUT2D eigenvalue weighted by atomic mass is 9.85. The molecule has 30 heavy (non-hydrogen) atoms. The number of unbranched alkanes of at least 4 members (excludes halogenated alkanes) is 1. The summed E-state index contributed by atoms with van der Waals surface area (Å²) in [5.41, 5.74) is -0.530. The van der Waals surface area contributed by atoms with E-state index in [2.05, 4.69) is 0 Å². The Morgan fingerprint density at radius 3 is 2.47 bits per heavy atom. The van der Waals surface area contributed by atoms with Crippen LogP contribution >= 0.6 is 0 Å². The number of hydrogen-bond acceptors (Lipinski definition) is 7. The molecule has 0 amide bonds. The Morgan fingerprint density at radius 1 is 1.23 bits per heavy atom. The molecule has 0 aliphatic carbocycles. The van der Waals surface area contributed by atoms with Gasteiger partial charge in [0, 0.05) is 12.0 Å². The minimum Gasteiger partial charge on any atom is -0.505 e. The standard InChI is InChI=1S/C23H34O7/c1-5-7-13-21(26)30-23(4,22(27)17(3)19(25)14-24)20(6-2)29-16-28-15-18-11-9-8-10-12-18/h8-12,14,20,22,25,27H,5-7,13,15-16H2,1-4H3/b19-17+. The Morgan fingerprint density at radius 2 is 1.90 bits per heavy atom. The van der Waals surface area contributed by atoms with Crippen molar-refractivity contribution < 1.29 is 34.0 Å². The second-order valence-corrected chi connectivity index (χ2v) is 7.37. The van der Waals surface area contributed by atoms with Crippen molar-refractivity contribution in [3.05, 3.63) is 47.2 Å². The van der Waals surface area contributed by atoms with Crippen molar-refractivity contribution >= 4 is 12.3 Å². The molecule has 3 unspecified atom stereocenters. The third-order valence-electron chi connectivity index (χ3n) is 5.01. The van der Waals surface area contributed by atoms with Gasteiger partial charge in [-0.25, -0.2) is 0 Å². The molecule has 0 heterocycles. The van der Waals surface area contributed by atoms with E-state index in [4.69, 9.17) is 14.2 Å². The molecule has 3 atom stereocenters. The van der Waals surface area contributed by atoms with E-state index >= 15 is 0 Å². The summed E-state index contributed by atoms with van der Waals surface area (Å²) in [4.78, 5) is 23.3. The molecule has 168 valence electrons. The van der Waals surface area contributed by atoms with Crippen LogP contribution in [0.1, 0.15) is 58.9 Å². The molecule has 0 aromatic heterocycles. The molecule has 7 nitrogen and oxygen atoms in total. The van der Waals surface area contributed by atoms with Crippen molar-refractivity contribution in [2.24, 2.45) is 0 Å². The normalized spacial score (nSPS) is 16.2. The smallest absolute Gasteiger partial charge is 0.306 e. The van der Waals surface area contributed by atoms with Crippen molar-refractivity contribution in [2.45, 2.75) is 77.8 Å². The molecule has 0 saturated heterocycles. The molecule has 2 N–H and O–H groups in total. The van der Waals surface area contributed by atoms with Crippen molar-refractivity contribution in [2.75, 3.05) is 6.79 Å². The molecule has 0 spiro atoms. The molecule has 1 aromatic carbocycles. The van der Waals surface area contributed by atoms with Crippen LogP contribution in [0.15, 0.2) is 41.7 Å². The van der Waals surface area contributed by atoms with Crippen LogP contribution in [0.3, 0.4) is 0 Å². The molecule has 0 aliphatic heterocycles. The van der Waals surface area contributed by atoms with Gasteiger partial charge >= 0.3 is 5.97 Å². The van der Waals surface area contributed by atoms with E-state index in [0.29, 0.717) is 19.4 Å². The highest BCUT2D eigenvalue weighted by Crippen LogP contribution is 2.31. The average molecular weight is 423 g/mol. The average Bonchev–Trinajstić information content (AvgIpc) is 2.76. The van der Waals surface area contributed by atoms with Crippen LogP contribution in [0.5, 0.6) is 0 Å². The van der Waals surface area contributed by atoms with Crippen LogP contribution in [0.2, 0.25) is 0 Å². The summed E-state index contributed by atoms with van der Waals surface area (Å²) < 4.78 is 17.0. The fraction of sp³-hybridized carbons (Fsp3) is 0.565. The van der Waals surface area contributed by atoms with Gasteiger partial charge in [0.15, 0.2) is 17.6 Å². The lowest BCUT2D eigenvalue weighted by Crippen LogP contribution is -2.54. The van der Waals surface area contributed by atoms with Gasteiger partial charge in [-0.1, -0.05) is 50.6 Å². The topological polar surface area (TPSA) is 102 Å². The second kappa shape index (κ2) is 13.2. The highest BCUT2D eigenvalue weighted by atomic mass is 16.7. The SMILES string of the molecule is CCCCC(=O)OC(C)(C(CC)OCOCc1ccccc1)C(O)/C(C)=C(/O)C=O. The predicted octanol–water partition coefficient (Wildman–Crippen LogP) is 3.84. The first-order valence-corrected chi connectivity index (χ1v) is 10.3. The zero-order valence-corrected chi connectivity index (χ0v) is 18.3. The molecule has 0 aliphatic rings. The monoisotopic (exact) mass is 422 g/mol. The van der Waals surface area contributed by atoms with Crippen LogP contribution < -0.4 is 0 Å². The summed E-state index contributed by atoms with van der Waals surface area (Å²) in [6.07, 6.45) is 0.136. The maximum atomic E-state index is 12.4.